The van der Waals surface area contributed by atoms with Gasteiger partial charge in [-0.15, -0.1) is 0 Å². The summed E-state index contributed by atoms with van der Waals surface area (Å²) in [4.78, 5) is 56.7. The Morgan fingerprint density at radius 1 is 0.683 bits per heavy atom. The van der Waals surface area contributed by atoms with E-state index in [9.17, 15) is 24.3 Å². The molecule has 0 spiro atoms. The third kappa shape index (κ3) is 14.6. The Labute approximate surface area is 377 Å². The molecule has 0 aliphatic carbocycles. The van der Waals surface area contributed by atoms with Crippen LogP contribution in [-0.2, 0) is 14.0 Å². The largest absolute Gasteiger partial charge is 0.412 e. The summed E-state index contributed by atoms with van der Waals surface area (Å²) in [5.74, 6) is -2.29. The minimum atomic E-state index is -2.23. The van der Waals surface area contributed by atoms with Crippen LogP contribution in [0.4, 0.5) is 22.7 Å². The summed E-state index contributed by atoms with van der Waals surface area (Å²) in [6.45, 7) is 27.9. The van der Waals surface area contributed by atoms with Crippen LogP contribution in [0.2, 0.25) is 28.2 Å². The number of nitriles is 2. The monoisotopic (exact) mass is 908 g/mol. The van der Waals surface area contributed by atoms with Crippen molar-refractivity contribution in [2.24, 2.45) is 0 Å². The Hall–Kier alpha value is -6.96. The number of hydrazine groups is 2. The van der Waals surface area contributed by atoms with Crippen molar-refractivity contribution in [1.82, 2.24) is 21.7 Å². The first-order valence-corrected chi connectivity index (χ1v) is 22.7. The summed E-state index contributed by atoms with van der Waals surface area (Å²) in [5, 5.41) is 33.9. The lowest BCUT2D eigenvalue weighted by Gasteiger charge is -2.40. The fourth-order valence-electron chi connectivity index (χ4n) is 5.17. The summed E-state index contributed by atoms with van der Waals surface area (Å²) in [7, 11) is -2.23. The van der Waals surface area contributed by atoms with Gasteiger partial charge in [-0.25, -0.2) is 9.69 Å². The molecule has 19 heteroatoms. The van der Waals surface area contributed by atoms with E-state index in [1.54, 1.807) is 31.2 Å². The number of rotatable bonds is 12. The molecule has 63 heavy (non-hydrogen) atoms. The lowest BCUT2D eigenvalue weighted by molar-refractivity contribution is -0.125. The molecule has 4 aromatic rings. The van der Waals surface area contributed by atoms with Crippen LogP contribution in [0.15, 0.2) is 84.9 Å². The number of halogens is 2. The quantitative estimate of drug-likeness (QED) is 0.0415. The van der Waals surface area contributed by atoms with Gasteiger partial charge in [-0.1, -0.05) is 56.1 Å². The van der Waals surface area contributed by atoms with Crippen LogP contribution in [0, 0.1) is 35.8 Å². The molecule has 0 bridgehead atoms. The van der Waals surface area contributed by atoms with Gasteiger partial charge in [-0.2, -0.15) is 10.5 Å². The Balaban J connectivity index is 0.000000344. The molecule has 0 aliphatic heterocycles. The number of benzene rings is 4. The van der Waals surface area contributed by atoms with Crippen LogP contribution in [0.3, 0.4) is 0 Å². The SMILES string of the molecule is [C-]#[N+]c1ccc(N[C@@H](C(=O)NNC(=O)c2ccc(C#N)cc2)C(C)O[Si](C)(C)C(C)(C)C)cc1Cl.[C-]#[N+]c1ccc(N[C@@H](C(=O)NNC(=O)c2ccc(C#N)cc2)[C@@H](C)O)cc1Cl. The highest BCUT2D eigenvalue weighted by molar-refractivity contribution is 6.74. The summed E-state index contributed by atoms with van der Waals surface area (Å²) in [6.07, 6.45) is -1.65. The van der Waals surface area contributed by atoms with Crippen LogP contribution in [0.5, 0.6) is 0 Å². The number of hydrogen-bond acceptors (Lipinski definition) is 10. The lowest BCUT2D eigenvalue weighted by atomic mass is 10.1. The van der Waals surface area contributed by atoms with Crippen molar-refractivity contribution in [3.8, 4) is 12.1 Å². The zero-order chi connectivity index (χ0) is 47.1. The summed E-state index contributed by atoms with van der Waals surface area (Å²) in [6, 6.07) is 23.2. The summed E-state index contributed by atoms with van der Waals surface area (Å²) < 4.78 is 6.44. The van der Waals surface area contributed by atoms with E-state index in [2.05, 4.69) is 75.9 Å². The van der Waals surface area contributed by atoms with Crippen LogP contribution in [-0.4, -0.2) is 61.3 Å². The number of hydrogen-bond donors (Lipinski definition) is 7. The zero-order valence-electron chi connectivity index (χ0n) is 35.4. The first kappa shape index (κ1) is 50.4. The van der Waals surface area contributed by atoms with Gasteiger partial charge in [0, 0.05) is 32.5 Å². The molecule has 4 aromatic carbocycles. The van der Waals surface area contributed by atoms with Crippen molar-refractivity contribution in [1.29, 1.82) is 10.5 Å². The molecular weight excluding hydrogens is 864 g/mol. The molecule has 1 unspecified atom stereocenters. The van der Waals surface area contributed by atoms with Gasteiger partial charge in [0.05, 0.1) is 48.6 Å². The predicted octanol–water partition coefficient (Wildman–Crippen LogP) is 7.80. The first-order valence-electron chi connectivity index (χ1n) is 19.1. The highest BCUT2D eigenvalue weighted by atomic mass is 35.5. The van der Waals surface area contributed by atoms with Crippen molar-refractivity contribution in [2.75, 3.05) is 10.6 Å². The van der Waals surface area contributed by atoms with E-state index in [4.69, 9.17) is 51.3 Å². The Kier molecular flexibility index (Phi) is 18.2. The maximum absolute atomic E-state index is 13.2. The van der Waals surface area contributed by atoms with Gasteiger partial charge in [0.25, 0.3) is 23.6 Å². The minimum absolute atomic E-state index is 0.0767. The highest BCUT2D eigenvalue weighted by Gasteiger charge is 2.41. The molecule has 16 nitrogen and oxygen atoms in total. The third-order valence-electron chi connectivity index (χ3n) is 9.73. The van der Waals surface area contributed by atoms with E-state index in [-0.39, 0.29) is 26.3 Å². The predicted molar refractivity (Wildman–Crippen MR) is 243 cm³/mol. The zero-order valence-corrected chi connectivity index (χ0v) is 37.9. The molecule has 0 saturated heterocycles. The average Bonchev–Trinajstić information content (AvgIpc) is 3.25. The fourth-order valence-corrected chi connectivity index (χ4v) is 7.04. The number of aliphatic hydroxyl groups excluding tert-OH is 1. The second-order valence-corrected chi connectivity index (χ2v) is 21.0. The third-order valence-corrected chi connectivity index (χ3v) is 14.9. The molecule has 7 N–H and O–H groups in total. The highest BCUT2D eigenvalue weighted by Crippen LogP contribution is 2.38. The van der Waals surface area contributed by atoms with Crippen LogP contribution >= 0.6 is 23.2 Å². The van der Waals surface area contributed by atoms with E-state index >= 15 is 0 Å². The molecule has 4 amide bonds. The van der Waals surface area contributed by atoms with Crippen LogP contribution < -0.4 is 32.3 Å². The molecule has 0 aromatic heterocycles. The molecule has 0 radical (unpaired) electrons. The number of nitrogens with zero attached hydrogens (tertiary/aromatic N) is 4. The average molecular weight is 910 g/mol. The van der Waals surface area contributed by atoms with Crippen molar-refractivity contribution in [3.05, 3.63) is 140 Å². The van der Waals surface area contributed by atoms with E-state index in [1.807, 2.05) is 12.1 Å². The van der Waals surface area contributed by atoms with Crippen molar-refractivity contribution >= 4 is 77.9 Å². The van der Waals surface area contributed by atoms with Gasteiger partial charge in [0.1, 0.15) is 12.1 Å². The van der Waals surface area contributed by atoms with E-state index in [0.717, 1.165) is 0 Å². The second-order valence-electron chi connectivity index (χ2n) is 15.4. The van der Waals surface area contributed by atoms with Gasteiger partial charge in [0.2, 0.25) is 11.4 Å². The molecule has 326 valence electrons. The smallest absolute Gasteiger partial charge is 0.269 e. The van der Waals surface area contributed by atoms with E-state index in [0.29, 0.717) is 33.8 Å². The summed E-state index contributed by atoms with van der Waals surface area (Å²) in [5.41, 5.74) is 12.3. The minimum Gasteiger partial charge on any atom is -0.412 e. The molecule has 0 heterocycles. The molecular formula is C44H46Cl2N10O6Si. The lowest BCUT2D eigenvalue weighted by Crippen LogP contribution is -2.55. The van der Waals surface area contributed by atoms with E-state index in [1.165, 1.54) is 67.6 Å². The number of carbonyl (C=O) groups is 4. The molecule has 4 rings (SSSR count). The Morgan fingerprint density at radius 3 is 1.40 bits per heavy atom. The normalized spacial score (nSPS) is 12.6. The second kappa shape index (κ2) is 22.8. The number of amides is 4. The number of carbonyl (C=O) groups excluding carboxylic acids is 4. The Morgan fingerprint density at radius 2 is 1.06 bits per heavy atom. The maximum atomic E-state index is 13.2. The van der Waals surface area contributed by atoms with Gasteiger partial charge < -0.3 is 20.2 Å². The molecule has 0 aliphatic rings. The van der Waals surface area contributed by atoms with Crippen molar-refractivity contribution in [3.63, 3.8) is 0 Å². The maximum Gasteiger partial charge on any atom is 0.269 e. The topological polar surface area (TPSA) is 226 Å². The van der Waals surface area contributed by atoms with Gasteiger partial charge in [-0.3, -0.25) is 40.9 Å². The standard InChI is InChI=1S/C25H30ClN5O3Si.C19H16ClN5O3/c1-16(34-35(6,7)25(2,3)4)22(29-19-12-13-21(28-5)20(26)14-19)24(33)31-30-23(32)18-10-8-17(15-27)9-11-18;1-11(26)17(23-14-7-8-16(22-2)15(20)9-14)19(28)25-24-18(27)13-5-3-12(10-21)4-6-13/h8-14,16,22,29H,1-4,6-7H3,(H,30,32)(H,31,33);3-9,11,17,23,26H,1H3,(H,24,27)(H,25,28)/t16?,22-;11-,17-/m11/s1. The van der Waals surface area contributed by atoms with Crippen molar-refractivity contribution in [2.45, 2.75) is 77.0 Å². The van der Waals surface area contributed by atoms with Gasteiger partial charge in [-0.05, 0) is 105 Å². The summed E-state index contributed by atoms with van der Waals surface area (Å²) >= 11 is 12.1. The van der Waals surface area contributed by atoms with Gasteiger partial charge in [0.15, 0.2) is 8.32 Å². The molecule has 0 saturated carbocycles. The fraction of sp³-hybridized carbons (Fsp3) is 0.273. The number of nitrogens with one attached hydrogen (secondary N) is 6. The van der Waals surface area contributed by atoms with Crippen LogP contribution in [0.25, 0.3) is 9.69 Å². The molecule has 0 fully saturated rings. The van der Waals surface area contributed by atoms with Crippen molar-refractivity contribution < 1.29 is 28.7 Å². The van der Waals surface area contributed by atoms with E-state index < -0.39 is 56.2 Å². The molecule has 4 atom stereocenters. The number of anilines is 2. The van der Waals surface area contributed by atoms with Gasteiger partial charge >= 0.3 is 0 Å². The first-order chi connectivity index (χ1) is 29.6. The Bertz CT molecular complexity index is 2470. The van der Waals surface area contributed by atoms with Crippen LogP contribution in [0.1, 0.15) is 66.5 Å². The number of aliphatic hydroxyl groups is 1.